The van der Waals surface area contributed by atoms with Gasteiger partial charge in [0, 0.05) is 23.8 Å². The van der Waals surface area contributed by atoms with Crippen molar-refractivity contribution in [1.82, 2.24) is 15.2 Å². The normalized spacial score (nSPS) is 29.7. The zero-order valence-corrected chi connectivity index (χ0v) is 25.0. The summed E-state index contributed by atoms with van der Waals surface area (Å²) >= 11 is 0. The van der Waals surface area contributed by atoms with E-state index in [2.05, 4.69) is 10.3 Å². The summed E-state index contributed by atoms with van der Waals surface area (Å²) in [6.45, 7) is 6.81. The number of aldehydes is 1. The van der Waals surface area contributed by atoms with E-state index < -0.39 is 71.1 Å². The van der Waals surface area contributed by atoms with E-state index in [-0.39, 0.29) is 35.9 Å². The van der Waals surface area contributed by atoms with Crippen LogP contribution in [0, 0.1) is 23.1 Å². The van der Waals surface area contributed by atoms with E-state index in [1.165, 1.54) is 30.2 Å². The number of nitrogens with one attached hydrogen (secondary N) is 1. The molecule has 2 aromatic rings. The zero-order valence-electron chi connectivity index (χ0n) is 25.0. The Morgan fingerprint density at radius 3 is 2.58 bits per heavy atom. The van der Waals surface area contributed by atoms with Gasteiger partial charge in [-0.1, -0.05) is 34.1 Å². The van der Waals surface area contributed by atoms with Crippen molar-refractivity contribution in [2.24, 2.45) is 17.3 Å². The number of halogens is 3. The number of amides is 2. The summed E-state index contributed by atoms with van der Waals surface area (Å²) in [5.41, 5.74) is -1.64. The maximum Gasteiger partial charge on any atom is 0.408 e. The van der Waals surface area contributed by atoms with Crippen LogP contribution in [0.5, 0.6) is 11.6 Å². The van der Waals surface area contributed by atoms with Gasteiger partial charge in [-0.15, -0.1) is 0 Å². The summed E-state index contributed by atoms with van der Waals surface area (Å²) in [7, 11) is 1.42. The van der Waals surface area contributed by atoms with Gasteiger partial charge in [-0.3, -0.25) is 4.79 Å². The van der Waals surface area contributed by atoms with Gasteiger partial charge in [0.25, 0.3) is 5.92 Å². The number of aromatic nitrogens is 1. The molecule has 12 heteroatoms. The summed E-state index contributed by atoms with van der Waals surface area (Å²) in [6.07, 6.45) is -0.442. The maximum absolute atomic E-state index is 16.0. The predicted molar refractivity (Wildman–Crippen MR) is 151 cm³/mol. The Balaban J connectivity index is 1.58. The lowest BCUT2D eigenvalue weighted by molar-refractivity contribution is -0.139. The summed E-state index contributed by atoms with van der Waals surface area (Å²) < 4.78 is 64.5. The summed E-state index contributed by atoms with van der Waals surface area (Å²) in [5, 5.41) is 2.59. The molecule has 0 spiro atoms. The van der Waals surface area contributed by atoms with Gasteiger partial charge >= 0.3 is 6.09 Å². The van der Waals surface area contributed by atoms with Crippen molar-refractivity contribution in [2.75, 3.05) is 13.7 Å². The van der Waals surface area contributed by atoms with Gasteiger partial charge in [0.15, 0.2) is 0 Å². The molecule has 0 unspecified atom stereocenters. The number of hydrogen-bond acceptors (Lipinski definition) is 7. The fraction of sp³-hybridized carbons (Fsp3) is 0.613. The van der Waals surface area contributed by atoms with E-state index in [0.29, 0.717) is 31.3 Å². The number of rotatable bonds is 2. The monoisotopic (exact) mass is 605 g/mol. The number of carbonyl (C=O) groups excluding carboxylic acids is 3. The van der Waals surface area contributed by atoms with Gasteiger partial charge < -0.3 is 29.2 Å². The molecular weight excluding hydrogens is 567 g/mol. The van der Waals surface area contributed by atoms with Crippen molar-refractivity contribution in [3.05, 3.63) is 29.6 Å². The SMILES string of the molecule is COc1ccc2c(F)c3c(nc2c1)O[C@H]1CN(C(=O)[C@H](C(C)(C)C)NC(=O)O[C@@H]2C[C@H]2CCCCC3(F)F)[C@H](C=O)[C@@H]1C. The molecule has 1 saturated carbocycles. The minimum atomic E-state index is -3.62. The number of ether oxygens (including phenoxy) is 3. The van der Waals surface area contributed by atoms with Crippen molar-refractivity contribution in [2.45, 2.75) is 90.0 Å². The summed E-state index contributed by atoms with van der Waals surface area (Å²) in [6, 6.07) is 2.21. The average molecular weight is 606 g/mol. The van der Waals surface area contributed by atoms with Crippen LogP contribution < -0.4 is 14.8 Å². The van der Waals surface area contributed by atoms with Crippen LogP contribution in [0.25, 0.3) is 10.9 Å². The molecule has 2 aliphatic heterocycles. The molecule has 2 fully saturated rings. The summed E-state index contributed by atoms with van der Waals surface area (Å²) in [4.78, 5) is 44.5. The van der Waals surface area contributed by atoms with E-state index in [0.717, 1.165) is 0 Å². The molecule has 1 aliphatic carbocycles. The van der Waals surface area contributed by atoms with E-state index in [1.807, 2.05) is 0 Å². The van der Waals surface area contributed by atoms with E-state index in [1.54, 1.807) is 27.7 Å². The molecule has 2 amide bonds. The first-order valence-corrected chi connectivity index (χ1v) is 14.7. The second-order valence-corrected chi connectivity index (χ2v) is 13.0. The molecule has 1 aromatic carbocycles. The standard InChI is InChI=1S/C31H38F3N3O6/c1-16-21(15-38)37-14-23(16)42-27-24(25(32)19-10-9-18(41-5)13-20(19)35-27)31(33,34)11-7-6-8-17-12-22(17)43-29(40)36-26(28(37)39)30(2,3)4/h9-10,13,15-17,21-23,26H,6-8,11-12,14H2,1-5H3,(H,36,40)/t16-,17+,21+,22+,23-,26+/m0/s1. The Morgan fingerprint density at radius 2 is 1.91 bits per heavy atom. The van der Waals surface area contributed by atoms with Crippen LogP contribution in [0.3, 0.4) is 0 Å². The molecule has 3 aliphatic rings. The number of nitrogens with zero attached hydrogens (tertiary/aromatic N) is 2. The van der Waals surface area contributed by atoms with Crippen molar-refractivity contribution >= 4 is 29.2 Å². The Bertz CT molecular complexity index is 1410. The van der Waals surface area contributed by atoms with Gasteiger partial charge in [-0.25, -0.2) is 22.9 Å². The van der Waals surface area contributed by atoms with Crippen LogP contribution in [0.1, 0.15) is 65.4 Å². The van der Waals surface area contributed by atoms with Crippen LogP contribution in [0.2, 0.25) is 0 Å². The highest BCUT2D eigenvalue weighted by molar-refractivity contribution is 5.89. The second-order valence-electron chi connectivity index (χ2n) is 13.0. The molecule has 43 heavy (non-hydrogen) atoms. The first kappa shape index (κ1) is 30.9. The highest BCUT2D eigenvalue weighted by atomic mass is 19.3. The molecule has 1 N–H and O–H groups in total. The number of alkyl halides is 2. The molecule has 2 bridgehead atoms. The summed E-state index contributed by atoms with van der Waals surface area (Å²) in [5.74, 6) is -6.17. The lowest BCUT2D eigenvalue weighted by Crippen LogP contribution is -2.56. The third kappa shape index (κ3) is 6.10. The molecular formula is C31H38F3N3O6. The number of carbonyl (C=O) groups is 3. The van der Waals surface area contributed by atoms with Gasteiger partial charge in [0.05, 0.1) is 25.2 Å². The van der Waals surface area contributed by atoms with Crippen molar-refractivity contribution < 1.29 is 41.8 Å². The van der Waals surface area contributed by atoms with Crippen LogP contribution >= 0.6 is 0 Å². The zero-order chi connectivity index (χ0) is 31.3. The lowest BCUT2D eigenvalue weighted by Gasteiger charge is -2.34. The van der Waals surface area contributed by atoms with Gasteiger partial charge in [-0.05, 0) is 42.7 Å². The number of pyridine rings is 1. The Kier molecular flexibility index (Phi) is 8.26. The Morgan fingerprint density at radius 1 is 1.16 bits per heavy atom. The Labute approximate surface area is 248 Å². The average Bonchev–Trinajstić information content (AvgIpc) is 3.59. The predicted octanol–water partition coefficient (Wildman–Crippen LogP) is 5.37. The molecule has 6 atom stereocenters. The van der Waals surface area contributed by atoms with Crippen LogP contribution in [-0.2, 0) is 20.2 Å². The number of hydrogen-bond donors (Lipinski definition) is 1. The van der Waals surface area contributed by atoms with Crippen LogP contribution in [0.4, 0.5) is 18.0 Å². The molecule has 5 rings (SSSR count). The third-order valence-corrected chi connectivity index (χ3v) is 8.82. The number of alkyl carbamates (subject to hydrolysis) is 1. The lowest BCUT2D eigenvalue weighted by atomic mass is 9.85. The quantitative estimate of drug-likeness (QED) is 0.459. The first-order valence-electron chi connectivity index (χ1n) is 14.7. The molecule has 3 heterocycles. The molecule has 9 nitrogen and oxygen atoms in total. The molecule has 1 saturated heterocycles. The topological polar surface area (TPSA) is 107 Å². The molecule has 1 aromatic heterocycles. The highest BCUT2D eigenvalue weighted by Crippen LogP contribution is 2.45. The third-order valence-electron chi connectivity index (χ3n) is 8.82. The maximum atomic E-state index is 16.0. The minimum absolute atomic E-state index is 0.0228. The molecule has 234 valence electrons. The number of methoxy groups -OCH3 is 1. The first-order chi connectivity index (χ1) is 20.2. The van der Waals surface area contributed by atoms with Crippen molar-refractivity contribution in [3.8, 4) is 11.6 Å². The largest absolute Gasteiger partial charge is 0.497 e. The van der Waals surface area contributed by atoms with Gasteiger partial charge in [0.2, 0.25) is 11.8 Å². The fourth-order valence-electron chi connectivity index (χ4n) is 6.07. The highest BCUT2D eigenvalue weighted by Gasteiger charge is 2.49. The van der Waals surface area contributed by atoms with Crippen LogP contribution in [-0.4, -0.2) is 66.1 Å². The Hall–Kier alpha value is -3.57. The van der Waals surface area contributed by atoms with Crippen LogP contribution in [0.15, 0.2) is 18.2 Å². The van der Waals surface area contributed by atoms with Gasteiger partial charge in [0.1, 0.15) is 41.7 Å². The van der Waals surface area contributed by atoms with E-state index in [9.17, 15) is 14.4 Å². The van der Waals surface area contributed by atoms with Crippen molar-refractivity contribution in [1.29, 1.82) is 0 Å². The number of fused-ring (bicyclic) bond motifs is 5. The van der Waals surface area contributed by atoms with E-state index >= 15 is 13.2 Å². The fourth-order valence-corrected chi connectivity index (χ4v) is 6.07. The smallest absolute Gasteiger partial charge is 0.408 e. The van der Waals surface area contributed by atoms with E-state index in [4.69, 9.17) is 14.2 Å². The minimum Gasteiger partial charge on any atom is -0.497 e. The van der Waals surface area contributed by atoms with Gasteiger partial charge in [-0.2, -0.15) is 0 Å². The molecule has 0 radical (unpaired) electrons. The second kappa shape index (κ2) is 11.5. The number of benzene rings is 1. The van der Waals surface area contributed by atoms with Crippen molar-refractivity contribution in [3.63, 3.8) is 0 Å².